The number of nitrogens with zero attached hydrogens (tertiary/aromatic N) is 2. The van der Waals surface area contributed by atoms with Gasteiger partial charge in [0.25, 0.3) is 0 Å². The number of aromatic nitrogens is 2. The maximum Gasteiger partial charge on any atom is 0.220 e. The highest BCUT2D eigenvalue weighted by atomic mass is 79.9. The van der Waals surface area contributed by atoms with Gasteiger partial charge in [-0.1, -0.05) is 11.3 Å². The molecule has 1 saturated heterocycles. The average Bonchev–Trinajstić information content (AvgIpc) is 2.72. The quantitative estimate of drug-likeness (QED) is 0.864. The topological polar surface area (TPSA) is 66.9 Å². The van der Waals surface area contributed by atoms with Crippen molar-refractivity contribution in [2.24, 2.45) is 0 Å². The summed E-state index contributed by atoms with van der Waals surface area (Å²) in [6.07, 6.45) is 1.53. The van der Waals surface area contributed by atoms with Crippen LogP contribution in [0, 0.1) is 0 Å². The van der Waals surface area contributed by atoms with Crippen molar-refractivity contribution < 1.29 is 4.79 Å². The molecule has 1 unspecified atom stereocenters. The van der Waals surface area contributed by atoms with Gasteiger partial charge in [-0.25, -0.2) is 0 Å². The molecule has 2 rings (SSSR count). The first-order chi connectivity index (χ1) is 6.74. The second kappa shape index (κ2) is 4.22. The molecular weight excluding hydrogens is 268 g/mol. The number of carbonyl (C=O) groups excluding carboxylic acids is 1. The van der Waals surface area contributed by atoms with Crippen molar-refractivity contribution in [1.29, 1.82) is 0 Å². The molecule has 0 aromatic carbocycles. The van der Waals surface area contributed by atoms with Crippen molar-refractivity contribution in [1.82, 2.24) is 15.5 Å². The summed E-state index contributed by atoms with van der Waals surface area (Å²) >= 11 is 4.67. The number of carbonyl (C=O) groups is 1. The zero-order valence-corrected chi connectivity index (χ0v) is 9.69. The maximum absolute atomic E-state index is 10.9. The second-order valence-corrected chi connectivity index (χ2v) is 5.30. The largest absolute Gasteiger partial charge is 0.358 e. The van der Waals surface area contributed by atoms with Crippen LogP contribution in [0.2, 0.25) is 0 Å². The highest BCUT2D eigenvalue weighted by Gasteiger charge is 2.20. The SMILES string of the molecule is O=C1CCC(CNc2nnc(Br)s2)N1. The Balaban J connectivity index is 1.80. The van der Waals surface area contributed by atoms with Crippen LogP contribution in [0.4, 0.5) is 5.13 Å². The Bertz CT molecular complexity index is 342. The van der Waals surface area contributed by atoms with E-state index in [9.17, 15) is 4.79 Å². The van der Waals surface area contributed by atoms with Gasteiger partial charge in [0.2, 0.25) is 11.0 Å². The van der Waals surface area contributed by atoms with Gasteiger partial charge in [-0.15, -0.1) is 10.2 Å². The van der Waals surface area contributed by atoms with Crippen LogP contribution in [0.3, 0.4) is 0 Å². The molecule has 0 radical (unpaired) electrons. The number of anilines is 1. The highest BCUT2D eigenvalue weighted by molar-refractivity contribution is 9.11. The van der Waals surface area contributed by atoms with E-state index in [1.165, 1.54) is 11.3 Å². The molecule has 2 N–H and O–H groups in total. The normalized spacial score (nSPS) is 20.9. The van der Waals surface area contributed by atoms with Crippen molar-refractivity contribution >= 4 is 38.3 Å². The first-order valence-corrected chi connectivity index (χ1v) is 5.87. The van der Waals surface area contributed by atoms with Crippen LogP contribution in [0.5, 0.6) is 0 Å². The van der Waals surface area contributed by atoms with Crippen LogP contribution in [-0.4, -0.2) is 28.7 Å². The van der Waals surface area contributed by atoms with Gasteiger partial charge < -0.3 is 10.6 Å². The Hall–Kier alpha value is -0.690. The Morgan fingerprint density at radius 1 is 1.64 bits per heavy atom. The van der Waals surface area contributed by atoms with Crippen LogP contribution in [0.1, 0.15) is 12.8 Å². The fourth-order valence-electron chi connectivity index (χ4n) is 1.32. The van der Waals surface area contributed by atoms with Gasteiger partial charge in [-0.3, -0.25) is 4.79 Å². The lowest BCUT2D eigenvalue weighted by atomic mass is 10.2. The molecule has 1 aliphatic rings. The molecule has 1 aromatic rings. The van der Waals surface area contributed by atoms with Crippen molar-refractivity contribution in [2.45, 2.75) is 18.9 Å². The first-order valence-electron chi connectivity index (χ1n) is 4.26. The van der Waals surface area contributed by atoms with Crippen LogP contribution in [0.15, 0.2) is 3.92 Å². The lowest BCUT2D eigenvalue weighted by molar-refractivity contribution is -0.119. The summed E-state index contributed by atoms with van der Waals surface area (Å²) in [6, 6.07) is 0.227. The third-order valence-corrected chi connectivity index (χ3v) is 3.30. The van der Waals surface area contributed by atoms with Gasteiger partial charge >= 0.3 is 0 Å². The molecule has 1 fully saturated rings. The predicted octanol–water partition coefficient (Wildman–Crippen LogP) is 0.991. The Labute approximate surface area is 93.4 Å². The monoisotopic (exact) mass is 276 g/mol. The smallest absolute Gasteiger partial charge is 0.220 e. The fourth-order valence-corrected chi connectivity index (χ4v) is 2.34. The summed E-state index contributed by atoms with van der Waals surface area (Å²) in [5.41, 5.74) is 0. The number of rotatable bonds is 3. The molecule has 76 valence electrons. The van der Waals surface area contributed by atoms with Crippen LogP contribution >= 0.6 is 27.3 Å². The van der Waals surface area contributed by atoms with Gasteiger partial charge in [0, 0.05) is 19.0 Å². The summed E-state index contributed by atoms with van der Waals surface area (Å²) in [6.45, 7) is 0.716. The Morgan fingerprint density at radius 3 is 3.07 bits per heavy atom. The molecular formula is C7H9BrN4OS. The van der Waals surface area contributed by atoms with E-state index in [0.717, 1.165) is 15.5 Å². The minimum absolute atomic E-state index is 0.134. The van der Waals surface area contributed by atoms with E-state index in [2.05, 4.69) is 36.8 Å². The number of amides is 1. The van der Waals surface area contributed by atoms with Gasteiger partial charge in [0.1, 0.15) is 0 Å². The summed E-state index contributed by atoms with van der Waals surface area (Å²) in [7, 11) is 0. The zero-order chi connectivity index (χ0) is 9.97. The molecule has 0 spiro atoms. The van der Waals surface area contributed by atoms with E-state index < -0.39 is 0 Å². The van der Waals surface area contributed by atoms with Gasteiger partial charge in [0.05, 0.1) is 0 Å². The Morgan fingerprint density at radius 2 is 2.50 bits per heavy atom. The van der Waals surface area contributed by atoms with E-state index in [4.69, 9.17) is 0 Å². The molecule has 1 amide bonds. The number of hydrogen-bond donors (Lipinski definition) is 2. The lowest BCUT2D eigenvalue weighted by Crippen LogP contribution is -2.31. The molecule has 14 heavy (non-hydrogen) atoms. The van der Waals surface area contributed by atoms with Crippen molar-refractivity contribution in [3.63, 3.8) is 0 Å². The predicted molar refractivity (Wildman–Crippen MR) is 57.3 cm³/mol. The molecule has 1 aromatic heterocycles. The zero-order valence-electron chi connectivity index (χ0n) is 7.29. The van der Waals surface area contributed by atoms with Crippen LogP contribution in [-0.2, 0) is 4.79 Å². The van der Waals surface area contributed by atoms with E-state index in [0.29, 0.717) is 13.0 Å². The number of halogens is 1. The summed E-state index contributed by atoms with van der Waals surface area (Å²) in [4.78, 5) is 10.9. The molecule has 1 aliphatic heterocycles. The van der Waals surface area contributed by atoms with Gasteiger partial charge in [-0.05, 0) is 22.4 Å². The van der Waals surface area contributed by atoms with Crippen LogP contribution in [0.25, 0.3) is 0 Å². The summed E-state index contributed by atoms with van der Waals surface area (Å²) in [5.74, 6) is 0.134. The first kappa shape index (κ1) is 9.85. The van der Waals surface area contributed by atoms with E-state index >= 15 is 0 Å². The average molecular weight is 277 g/mol. The van der Waals surface area contributed by atoms with E-state index in [1.807, 2.05) is 0 Å². The molecule has 2 heterocycles. The minimum atomic E-state index is 0.134. The fraction of sp³-hybridized carbons (Fsp3) is 0.571. The van der Waals surface area contributed by atoms with Gasteiger partial charge in [0.15, 0.2) is 3.92 Å². The maximum atomic E-state index is 10.9. The Kier molecular flexibility index (Phi) is 2.97. The summed E-state index contributed by atoms with van der Waals surface area (Å²) < 4.78 is 0.760. The van der Waals surface area contributed by atoms with Crippen molar-refractivity contribution in [3.8, 4) is 0 Å². The third kappa shape index (κ3) is 2.42. The highest BCUT2D eigenvalue weighted by Crippen LogP contribution is 2.20. The number of hydrogen-bond acceptors (Lipinski definition) is 5. The molecule has 0 bridgehead atoms. The molecule has 0 aliphatic carbocycles. The molecule has 7 heteroatoms. The van der Waals surface area contributed by atoms with E-state index in [1.54, 1.807) is 0 Å². The van der Waals surface area contributed by atoms with E-state index in [-0.39, 0.29) is 11.9 Å². The van der Waals surface area contributed by atoms with Gasteiger partial charge in [-0.2, -0.15) is 0 Å². The molecule has 0 saturated carbocycles. The lowest BCUT2D eigenvalue weighted by Gasteiger charge is -2.09. The molecule has 1 atom stereocenters. The standard InChI is InChI=1S/C7H9BrN4OS/c8-6-11-12-7(14-6)9-3-4-1-2-5(13)10-4/h4H,1-3H2,(H,9,12)(H,10,13). The summed E-state index contributed by atoms with van der Waals surface area (Å²) in [5, 5.41) is 14.5. The van der Waals surface area contributed by atoms with Crippen molar-refractivity contribution in [3.05, 3.63) is 3.92 Å². The third-order valence-electron chi connectivity index (χ3n) is 1.99. The van der Waals surface area contributed by atoms with Crippen molar-refractivity contribution in [2.75, 3.05) is 11.9 Å². The molecule has 5 nitrogen and oxygen atoms in total. The number of nitrogens with one attached hydrogen (secondary N) is 2. The van der Waals surface area contributed by atoms with Crippen LogP contribution < -0.4 is 10.6 Å². The second-order valence-electron chi connectivity index (χ2n) is 3.04. The minimum Gasteiger partial charge on any atom is -0.358 e.